The van der Waals surface area contributed by atoms with Gasteiger partial charge in [0.1, 0.15) is 0 Å². The summed E-state index contributed by atoms with van der Waals surface area (Å²) in [5.74, 6) is 0. The molecule has 1 N–H and O–H groups in total. The van der Waals surface area contributed by atoms with Crippen molar-refractivity contribution in [3.05, 3.63) is 0 Å². The van der Waals surface area contributed by atoms with Gasteiger partial charge in [-0.25, -0.2) is 0 Å². The van der Waals surface area contributed by atoms with E-state index in [-0.39, 0.29) is 6.29 Å². The standard InChI is InChI=1S/C22H46O3/c1-4-7-8-9-10-11-12-13-14-15-16-17-18-19-20-24-22(6-3)25-21(23)5-2/h21-23H,4-20H2,1-3H3. The number of hydrogen-bond acceptors (Lipinski definition) is 3. The summed E-state index contributed by atoms with van der Waals surface area (Å²) in [6.45, 7) is 6.96. The van der Waals surface area contributed by atoms with E-state index in [9.17, 15) is 5.11 Å². The fourth-order valence-corrected chi connectivity index (χ4v) is 3.04. The number of aliphatic hydroxyl groups excluding tert-OH is 1. The third-order valence-electron chi connectivity index (χ3n) is 4.79. The number of ether oxygens (including phenoxy) is 2. The van der Waals surface area contributed by atoms with Crippen molar-refractivity contribution in [1.82, 2.24) is 0 Å². The molecule has 25 heavy (non-hydrogen) atoms. The van der Waals surface area contributed by atoms with Gasteiger partial charge in [0.25, 0.3) is 0 Å². The van der Waals surface area contributed by atoms with E-state index in [1.807, 2.05) is 13.8 Å². The minimum Gasteiger partial charge on any atom is -0.368 e. The lowest BCUT2D eigenvalue weighted by Crippen LogP contribution is -2.23. The van der Waals surface area contributed by atoms with Crippen molar-refractivity contribution < 1.29 is 14.6 Å². The molecule has 2 unspecified atom stereocenters. The van der Waals surface area contributed by atoms with Crippen LogP contribution in [0.15, 0.2) is 0 Å². The van der Waals surface area contributed by atoms with Crippen LogP contribution in [-0.4, -0.2) is 24.3 Å². The highest BCUT2D eigenvalue weighted by atomic mass is 16.7. The number of unbranched alkanes of at least 4 members (excludes halogenated alkanes) is 13. The first-order chi connectivity index (χ1) is 12.2. The number of aliphatic hydroxyl groups is 1. The van der Waals surface area contributed by atoms with E-state index >= 15 is 0 Å². The first kappa shape index (κ1) is 24.9. The lowest BCUT2D eigenvalue weighted by Gasteiger charge is -2.19. The number of hydrogen-bond donors (Lipinski definition) is 1. The Hall–Kier alpha value is -0.120. The summed E-state index contributed by atoms with van der Waals surface area (Å²) >= 11 is 0. The van der Waals surface area contributed by atoms with Crippen molar-refractivity contribution in [2.75, 3.05) is 6.61 Å². The molecule has 0 aliphatic heterocycles. The van der Waals surface area contributed by atoms with E-state index in [1.165, 1.54) is 83.5 Å². The van der Waals surface area contributed by atoms with Crippen LogP contribution < -0.4 is 0 Å². The SMILES string of the molecule is CCCCCCCCCCCCCCCCOC(CC)OC(O)CC. The lowest BCUT2D eigenvalue weighted by molar-refractivity contribution is -0.229. The first-order valence-electron chi connectivity index (χ1n) is 11.2. The summed E-state index contributed by atoms with van der Waals surface area (Å²) in [6, 6.07) is 0. The molecule has 0 aliphatic rings. The van der Waals surface area contributed by atoms with Crippen molar-refractivity contribution in [2.24, 2.45) is 0 Å². The van der Waals surface area contributed by atoms with Gasteiger partial charge in [-0.2, -0.15) is 0 Å². The molecule has 3 heteroatoms. The van der Waals surface area contributed by atoms with Crippen LogP contribution in [0.25, 0.3) is 0 Å². The van der Waals surface area contributed by atoms with E-state index in [1.54, 1.807) is 0 Å². The molecule has 3 nitrogen and oxygen atoms in total. The van der Waals surface area contributed by atoms with Crippen molar-refractivity contribution in [3.8, 4) is 0 Å². The Morgan fingerprint density at radius 3 is 1.44 bits per heavy atom. The lowest BCUT2D eigenvalue weighted by atomic mass is 10.0. The highest BCUT2D eigenvalue weighted by Gasteiger charge is 2.11. The average Bonchev–Trinajstić information content (AvgIpc) is 2.63. The molecule has 0 saturated carbocycles. The normalized spacial score (nSPS) is 13.9. The van der Waals surface area contributed by atoms with Gasteiger partial charge in [-0.3, -0.25) is 0 Å². The van der Waals surface area contributed by atoms with E-state index in [2.05, 4.69) is 6.92 Å². The molecule has 0 saturated heterocycles. The summed E-state index contributed by atoms with van der Waals surface area (Å²) in [6.07, 6.45) is 19.6. The van der Waals surface area contributed by atoms with Crippen LogP contribution in [0.2, 0.25) is 0 Å². The van der Waals surface area contributed by atoms with E-state index < -0.39 is 6.29 Å². The molecule has 0 amide bonds. The molecule has 0 bridgehead atoms. The van der Waals surface area contributed by atoms with Crippen molar-refractivity contribution in [1.29, 1.82) is 0 Å². The van der Waals surface area contributed by atoms with Gasteiger partial charge in [-0.05, 0) is 19.3 Å². The van der Waals surface area contributed by atoms with Gasteiger partial charge in [0.05, 0.1) is 0 Å². The summed E-state index contributed by atoms with van der Waals surface area (Å²) in [5.41, 5.74) is 0. The van der Waals surface area contributed by atoms with Crippen LogP contribution in [0.4, 0.5) is 0 Å². The Bertz CT molecular complexity index is 245. The summed E-state index contributed by atoms with van der Waals surface area (Å²) in [5, 5.41) is 9.48. The van der Waals surface area contributed by atoms with Crippen LogP contribution in [0.3, 0.4) is 0 Å². The second kappa shape index (κ2) is 20.2. The molecule has 0 aromatic heterocycles. The molecule has 0 heterocycles. The van der Waals surface area contributed by atoms with Gasteiger partial charge in [-0.15, -0.1) is 0 Å². The quantitative estimate of drug-likeness (QED) is 0.189. The first-order valence-corrected chi connectivity index (χ1v) is 11.2. The van der Waals surface area contributed by atoms with Crippen LogP contribution in [-0.2, 0) is 9.47 Å². The smallest absolute Gasteiger partial charge is 0.160 e. The molecule has 0 rings (SSSR count). The van der Waals surface area contributed by atoms with Crippen molar-refractivity contribution in [3.63, 3.8) is 0 Å². The molecule has 0 radical (unpaired) electrons. The summed E-state index contributed by atoms with van der Waals surface area (Å²) < 4.78 is 11.1. The highest BCUT2D eigenvalue weighted by Crippen LogP contribution is 2.13. The summed E-state index contributed by atoms with van der Waals surface area (Å²) in [4.78, 5) is 0. The zero-order chi connectivity index (χ0) is 18.6. The van der Waals surface area contributed by atoms with Gasteiger partial charge in [0, 0.05) is 6.61 Å². The van der Waals surface area contributed by atoms with E-state index in [0.717, 1.165) is 19.4 Å². The Kier molecular flexibility index (Phi) is 20.1. The molecule has 152 valence electrons. The predicted molar refractivity (Wildman–Crippen MR) is 108 cm³/mol. The Morgan fingerprint density at radius 1 is 0.600 bits per heavy atom. The Balaban J connectivity index is 3.20. The van der Waals surface area contributed by atoms with Crippen LogP contribution in [0.1, 0.15) is 124 Å². The monoisotopic (exact) mass is 358 g/mol. The maximum atomic E-state index is 9.48. The second-order valence-corrected chi connectivity index (χ2v) is 7.30. The van der Waals surface area contributed by atoms with Gasteiger partial charge in [0.2, 0.25) is 0 Å². The van der Waals surface area contributed by atoms with Gasteiger partial charge >= 0.3 is 0 Å². The molecule has 0 aromatic carbocycles. The maximum absolute atomic E-state index is 9.48. The fourth-order valence-electron chi connectivity index (χ4n) is 3.04. The fraction of sp³-hybridized carbons (Fsp3) is 1.00. The molecule has 0 aromatic rings. The molecule has 2 atom stereocenters. The number of rotatable bonds is 20. The minimum atomic E-state index is -0.693. The molecule has 0 spiro atoms. The van der Waals surface area contributed by atoms with Crippen LogP contribution in [0, 0.1) is 0 Å². The minimum absolute atomic E-state index is 0.253. The zero-order valence-corrected chi connectivity index (χ0v) is 17.4. The highest BCUT2D eigenvalue weighted by molar-refractivity contribution is 4.50. The summed E-state index contributed by atoms with van der Waals surface area (Å²) in [7, 11) is 0. The second-order valence-electron chi connectivity index (χ2n) is 7.30. The van der Waals surface area contributed by atoms with Gasteiger partial charge in [0.15, 0.2) is 12.6 Å². The van der Waals surface area contributed by atoms with Crippen molar-refractivity contribution >= 4 is 0 Å². The van der Waals surface area contributed by atoms with Gasteiger partial charge in [-0.1, -0.05) is 104 Å². The predicted octanol–water partition coefficient (Wildman–Crippen LogP) is 6.97. The third kappa shape index (κ3) is 18.5. The molecule has 0 aliphatic carbocycles. The van der Waals surface area contributed by atoms with E-state index in [4.69, 9.17) is 9.47 Å². The zero-order valence-electron chi connectivity index (χ0n) is 17.4. The Labute approximate surface area is 157 Å². The average molecular weight is 359 g/mol. The third-order valence-corrected chi connectivity index (χ3v) is 4.79. The van der Waals surface area contributed by atoms with Crippen LogP contribution >= 0.6 is 0 Å². The van der Waals surface area contributed by atoms with Crippen LogP contribution in [0.5, 0.6) is 0 Å². The van der Waals surface area contributed by atoms with E-state index in [0.29, 0.717) is 6.42 Å². The Morgan fingerprint density at radius 2 is 1.04 bits per heavy atom. The maximum Gasteiger partial charge on any atom is 0.160 e. The molecular formula is C22H46O3. The van der Waals surface area contributed by atoms with Gasteiger partial charge < -0.3 is 14.6 Å². The largest absolute Gasteiger partial charge is 0.368 e. The molecule has 0 fully saturated rings. The van der Waals surface area contributed by atoms with Crippen molar-refractivity contribution in [2.45, 2.75) is 136 Å². The molecular weight excluding hydrogens is 312 g/mol. The topological polar surface area (TPSA) is 38.7 Å².